The highest BCUT2D eigenvalue weighted by Gasteiger charge is 2.32. The Morgan fingerprint density at radius 3 is 1.83 bits per heavy atom. The minimum absolute atomic E-state index is 0.0212. The molecule has 0 aliphatic rings. The Bertz CT molecular complexity index is 643. The lowest BCUT2D eigenvalue weighted by molar-refractivity contribution is -0.143. The number of hydrogen-bond donors (Lipinski definition) is 7. The maximum atomic E-state index is 12.7. The second-order valence-corrected chi connectivity index (χ2v) is 8.15. The van der Waals surface area contributed by atoms with Crippen LogP contribution in [-0.4, -0.2) is 64.6 Å². The zero-order chi connectivity index (χ0) is 23.6. The van der Waals surface area contributed by atoms with E-state index in [1.165, 1.54) is 0 Å². The Labute approximate surface area is 181 Å². The Morgan fingerprint density at radius 1 is 0.900 bits per heavy atom. The Hall–Kier alpha value is -2.34. The van der Waals surface area contributed by atoms with Crippen molar-refractivity contribution in [2.45, 2.75) is 64.7 Å². The molecule has 0 fully saturated rings. The minimum atomic E-state index is -1.40. The molecule has 12 heteroatoms. The quantitative estimate of drug-likeness (QED) is 0.164. The van der Waals surface area contributed by atoms with E-state index < -0.39 is 60.2 Å². The molecule has 30 heavy (non-hydrogen) atoms. The number of thiol groups is 1. The van der Waals surface area contributed by atoms with Crippen molar-refractivity contribution in [1.29, 1.82) is 0 Å². The molecule has 8 N–H and O–H groups in total. The molecule has 4 amide bonds. The molecule has 0 aromatic heterocycles. The molecule has 0 radical (unpaired) electrons. The van der Waals surface area contributed by atoms with Crippen LogP contribution in [-0.2, 0) is 24.0 Å². The standard InChI is InChI=1S/C18H33N5O6S/c1-8(2)5-12(18(28)29)22-16(26)11(6-13(20)24)21-17(27)14(9(3)4)23-15(25)10(19)7-30/h8-12,14,30H,5-7,19H2,1-4H3,(H2,20,24)(H,21,27)(H,22,26)(H,23,25)(H,28,29). The number of rotatable bonds is 13. The van der Waals surface area contributed by atoms with Crippen LogP contribution in [0.1, 0.15) is 40.5 Å². The normalized spacial score (nSPS) is 15.1. The Kier molecular flexibility index (Phi) is 12.0. The topological polar surface area (TPSA) is 194 Å². The lowest BCUT2D eigenvalue weighted by Crippen LogP contribution is -2.59. The molecule has 11 nitrogen and oxygen atoms in total. The van der Waals surface area contributed by atoms with Crippen molar-refractivity contribution in [3.8, 4) is 0 Å². The fraction of sp³-hybridized carbons (Fsp3) is 0.722. The summed E-state index contributed by atoms with van der Waals surface area (Å²) in [5.74, 6) is -4.63. The zero-order valence-electron chi connectivity index (χ0n) is 17.7. The van der Waals surface area contributed by atoms with Gasteiger partial charge in [-0.05, 0) is 18.3 Å². The minimum Gasteiger partial charge on any atom is -0.480 e. The van der Waals surface area contributed by atoms with Gasteiger partial charge in [0.05, 0.1) is 12.5 Å². The number of carbonyl (C=O) groups excluding carboxylic acids is 4. The molecule has 172 valence electrons. The molecule has 0 rings (SSSR count). The SMILES string of the molecule is CC(C)CC(NC(=O)C(CC(N)=O)NC(=O)C(NC(=O)C(N)CS)C(C)C)C(=O)O. The summed E-state index contributed by atoms with van der Waals surface area (Å²) in [5, 5.41) is 16.5. The molecule has 0 aromatic carbocycles. The molecule has 0 aliphatic heterocycles. The number of carboxylic acids is 1. The van der Waals surface area contributed by atoms with E-state index in [4.69, 9.17) is 11.5 Å². The summed E-state index contributed by atoms with van der Waals surface area (Å²) in [5.41, 5.74) is 10.8. The fourth-order valence-corrected chi connectivity index (χ4v) is 2.68. The predicted molar refractivity (Wildman–Crippen MR) is 113 cm³/mol. The Balaban J connectivity index is 5.43. The highest BCUT2D eigenvalue weighted by Crippen LogP contribution is 2.07. The van der Waals surface area contributed by atoms with Gasteiger partial charge in [-0.2, -0.15) is 12.6 Å². The van der Waals surface area contributed by atoms with Crippen molar-refractivity contribution in [3.63, 3.8) is 0 Å². The van der Waals surface area contributed by atoms with E-state index in [-0.39, 0.29) is 24.0 Å². The summed E-state index contributed by atoms with van der Waals surface area (Å²) in [7, 11) is 0. The number of aliphatic carboxylic acids is 1. The van der Waals surface area contributed by atoms with Gasteiger partial charge in [-0.3, -0.25) is 19.2 Å². The van der Waals surface area contributed by atoms with Crippen LogP contribution in [0, 0.1) is 11.8 Å². The molecular formula is C18H33N5O6S. The van der Waals surface area contributed by atoms with E-state index in [1.54, 1.807) is 27.7 Å². The van der Waals surface area contributed by atoms with E-state index in [9.17, 15) is 29.1 Å². The molecule has 0 spiro atoms. The van der Waals surface area contributed by atoms with Gasteiger partial charge in [0.15, 0.2) is 0 Å². The van der Waals surface area contributed by atoms with Crippen LogP contribution in [0.15, 0.2) is 0 Å². The molecule has 4 atom stereocenters. The maximum Gasteiger partial charge on any atom is 0.326 e. The monoisotopic (exact) mass is 447 g/mol. The number of primary amides is 1. The highest BCUT2D eigenvalue weighted by atomic mass is 32.1. The van der Waals surface area contributed by atoms with Gasteiger partial charge < -0.3 is 32.5 Å². The first-order chi connectivity index (χ1) is 13.8. The van der Waals surface area contributed by atoms with E-state index in [0.717, 1.165) is 0 Å². The average Bonchev–Trinajstić information content (AvgIpc) is 2.62. The molecule has 0 aliphatic carbocycles. The third kappa shape index (κ3) is 9.92. The summed E-state index contributed by atoms with van der Waals surface area (Å²) in [6, 6.07) is -4.57. The summed E-state index contributed by atoms with van der Waals surface area (Å²) in [6.45, 7) is 6.92. The lowest BCUT2D eigenvalue weighted by Gasteiger charge is -2.26. The van der Waals surface area contributed by atoms with Gasteiger partial charge in [-0.25, -0.2) is 4.79 Å². The molecule has 0 heterocycles. The van der Waals surface area contributed by atoms with Gasteiger partial charge >= 0.3 is 5.97 Å². The summed E-state index contributed by atoms with van der Waals surface area (Å²) < 4.78 is 0. The van der Waals surface area contributed by atoms with Crippen molar-refractivity contribution in [2.75, 3.05) is 5.75 Å². The van der Waals surface area contributed by atoms with Gasteiger partial charge in [-0.1, -0.05) is 27.7 Å². The van der Waals surface area contributed by atoms with Crippen molar-refractivity contribution >= 4 is 42.2 Å². The van der Waals surface area contributed by atoms with Crippen molar-refractivity contribution < 1.29 is 29.1 Å². The van der Waals surface area contributed by atoms with Crippen LogP contribution in [0.25, 0.3) is 0 Å². The van der Waals surface area contributed by atoms with Gasteiger partial charge in [-0.15, -0.1) is 0 Å². The van der Waals surface area contributed by atoms with Crippen LogP contribution in [0.5, 0.6) is 0 Å². The average molecular weight is 448 g/mol. The number of carboxylic acid groups (broad SMARTS) is 1. The molecule has 0 aromatic rings. The summed E-state index contributed by atoms with van der Waals surface area (Å²) >= 11 is 3.93. The van der Waals surface area contributed by atoms with Crippen LogP contribution < -0.4 is 27.4 Å². The van der Waals surface area contributed by atoms with Crippen molar-refractivity contribution in [1.82, 2.24) is 16.0 Å². The molecule has 0 bridgehead atoms. The number of amides is 4. The fourth-order valence-electron chi connectivity index (χ4n) is 2.52. The third-order valence-electron chi connectivity index (χ3n) is 4.14. The molecule has 0 saturated heterocycles. The van der Waals surface area contributed by atoms with Gasteiger partial charge in [0.1, 0.15) is 18.1 Å². The summed E-state index contributed by atoms with van der Waals surface area (Å²) in [6.07, 6.45) is -0.384. The molecular weight excluding hydrogens is 414 g/mol. The first-order valence-corrected chi connectivity index (χ1v) is 10.2. The largest absolute Gasteiger partial charge is 0.480 e. The second-order valence-electron chi connectivity index (χ2n) is 7.78. The molecule has 0 saturated carbocycles. The number of nitrogens with one attached hydrogen (secondary N) is 3. The zero-order valence-corrected chi connectivity index (χ0v) is 18.6. The van der Waals surface area contributed by atoms with Crippen LogP contribution in [0.2, 0.25) is 0 Å². The van der Waals surface area contributed by atoms with Crippen LogP contribution in [0.3, 0.4) is 0 Å². The van der Waals surface area contributed by atoms with Crippen molar-refractivity contribution in [2.24, 2.45) is 23.3 Å². The predicted octanol–water partition coefficient (Wildman–Crippen LogP) is -1.64. The van der Waals surface area contributed by atoms with E-state index in [0.29, 0.717) is 0 Å². The van der Waals surface area contributed by atoms with E-state index >= 15 is 0 Å². The number of carbonyl (C=O) groups is 5. The first kappa shape index (κ1) is 27.7. The molecule has 4 unspecified atom stereocenters. The van der Waals surface area contributed by atoms with Crippen LogP contribution in [0.4, 0.5) is 0 Å². The Morgan fingerprint density at radius 2 is 1.43 bits per heavy atom. The van der Waals surface area contributed by atoms with Gasteiger partial charge in [0, 0.05) is 5.75 Å². The lowest BCUT2D eigenvalue weighted by atomic mass is 10.0. The summed E-state index contributed by atoms with van der Waals surface area (Å²) in [4.78, 5) is 60.1. The van der Waals surface area contributed by atoms with Gasteiger partial charge in [0.2, 0.25) is 23.6 Å². The first-order valence-electron chi connectivity index (χ1n) is 9.58. The smallest absolute Gasteiger partial charge is 0.326 e. The van der Waals surface area contributed by atoms with E-state index in [1.807, 2.05) is 0 Å². The number of nitrogens with two attached hydrogens (primary N) is 2. The highest BCUT2D eigenvalue weighted by molar-refractivity contribution is 7.80. The maximum absolute atomic E-state index is 12.7. The third-order valence-corrected chi connectivity index (χ3v) is 4.53. The van der Waals surface area contributed by atoms with E-state index in [2.05, 4.69) is 28.6 Å². The number of hydrogen-bond acceptors (Lipinski definition) is 7. The second kappa shape index (κ2) is 13.1. The van der Waals surface area contributed by atoms with Gasteiger partial charge in [0.25, 0.3) is 0 Å². The van der Waals surface area contributed by atoms with Crippen molar-refractivity contribution in [3.05, 3.63) is 0 Å². The van der Waals surface area contributed by atoms with Crippen LogP contribution >= 0.6 is 12.6 Å².